The van der Waals surface area contributed by atoms with E-state index in [2.05, 4.69) is 20.8 Å². The normalized spacial score (nSPS) is 56.0. The van der Waals surface area contributed by atoms with Crippen LogP contribution in [0.3, 0.4) is 0 Å². The molecule has 0 unspecified atom stereocenters. The largest absolute Gasteiger partial charge is 0.396 e. The molecule has 5 aliphatic rings. The molecule has 5 rings (SSSR count). The minimum absolute atomic E-state index is 0.129. The van der Waals surface area contributed by atoms with E-state index in [0.717, 1.165) is 57.8 Å². The second kappa shape index (κ2) is 8.48. The molecule has 1 aliphatic heterocycles. The molecular formula is C27H46O5. The second-order valence-corrected chi connectivity index (χ2v) is 12.9. The molecule has 0 aromatic heterocycles. The van der Waals surface area contributed by atoms with Crippen LogP contribution in [0.4, 0.5) is 0 Å². The van der Waals surface area contributed by atoms with Gasteiger partial charge in [-0.1, -0.05) is 20.8 Å². The number of hydrogen-bond acceptors (Lipinski definition) is 5. The first-order valence-corrected chi connectivity index (χ1v) is 13.5. The van der Waals surface area contributed by atoms with Crippen LogP contribution in [0.5, 0.6) is 0 Å². The highest BCUT2D eigenvalue weighted by Gasteiger charge is 2.65. The zero-order chi connectivity index (χ0) is 22.8. The zero-order valence-electron chi connectivity index (χ0n) is 20.3. The lowest BCUT2D eigenvalue weighted by Gasteiger charge is -2.63. The van der Waals surface area contributed by atoms with Crippen molar-refractivity contribution in [3.63, 3.8) is 0 Å². The molecular weight excluding hydrogens is 404 g/mol. The third-order valence-corrected chi connectivity index (χ3v) is 11.7. The second-order valence-electron chi connectivity index (χ2n) is 12.9. The zero-order valence-corrected chi connectivity index (χ0v) is 20.3. The highest BCUT2D eigenvalue weighted by molar-refractivity contribution is 5.14. The highest BCUT2D eigenvalue weighted by atomic mass is 16.5. The molecule has 0 aromatic rings. The van der Waals surface area contributed by atoms with E-state index >= 15 is 0 Å². The number of aliphatic hydroxyl groups excluding tert-OH is 4. The summed E-state index contributed by atoms with van der Waals surface area (Å²) in [5.41, 5.74) is 0.00575. The fraction of sp³-hybridized carbons (Fsp3) is 1.00. The van der Waals surface area contributed by atoms with Gasteiger partial charge < -0.3 is 25.2 Å². The SMILES string of the molecule is C[C@H](CC[C@H]1OC[C@H]1CO)[C@H]1CC[C@H]2[C@@H]3[C@H](O)C[C@@H]4C[C@H](O)CC[C@]4(C)[C@H]3C[C@H](O)[C@]12C. The number of ether oxygens (including phenoxy) is 1. The lowest BCUT2D eigenvalue weighted by atomic mass is 9.43. The monoisotopic (exact) mass is 450 g/mol. The third kappa shape index (κ3) is 3.44. The molecule has 4 N–H and O–H groups in total. The first-order chi connectivity index (χ1) is 15.2. The van der Waals surface area contributed by atoms with Gasteiger partial charge in [-0.25, -0.2) is 0 Å². The Morgan fingerprint density at radius 3 is 2.47 bits per heavy atom. The number of hydrogen-bond donors (Lipinski definition) is 4. The van der Waals surface area contributed by atoms with E-state index in [1.165, 1.54) is 0 Å². The lowest BCUT2D eigenvalue weighted by Crippen LogP contribution is -2.62. The molecule has 4 aliphatic carbocycles. The molecule has 13 atom stereocenters. The summed E-state index contributed by atoms with van der Waals surface area (Å²) in [6, 6.07) is 0. The smallest absolute Gasteiger partial charge is 0.0647 e. The van der Waals surface area contributed by atoms with Gasteiger partial charge in [-0.05, 0) is 104 Å². The van der Waals surface area contributed by atoms with E-state index in [0.29, 0.717) is 42.1 Å². The Bertz CT molecular complexity index is 683. The Kier molecular flexibility index (Phi) is 6.24. The van der Waals surface area contributed by atoms with E-state index in [4.69, 9.17) is 4.74 Å². The molecule has 0 bridgehead atoms. The molecule has 4 saturated carbocycles. The predicted octanol–water partition coefficient (Wildman–Crippen LogP) is 3.37. The molecule has 0 amide bonds. The first-order valence-electron chi connectivity index (χ1n) is 13.5. The molecule has 5 fully saturated rings. The van der Waals surface area contributed by atoms with Gasteiger partial charge in [0.1, 0.15) is 0 Å². The standard InChI is InChI=1S/C27H46O5/c1-15(4-7-23-16(13-28)14-32-23)19-5-6-20-25-21(12-24(31)27(19,20)3)26(2)9-8-18(29)10-17(26)11-22(25)30/h15-25,28-31H,4-14H2,1-3H3/t15-,16-,17+,18-,19-,20+,21+,22-,23-,24+,25+,26+,27-/m1/s1. The minimum Gasteiger partial charge on any atom is -0.396 e. The summed E-state index contributed by atoms with van der Waals surface area (Å²) in [4.78, 5) is 0. The van der Waals surface area contributed by atoms with Gasteiger partial charge in [0.2, 0.25) is 0 Å². The summed E-state index contributed by atoms with van der Waals surface area (Å²) in [6.45, 7) is 7.98. The maximum absolute atomic E-state index is 11.7. The average molecular weight is 451 g/mol. The number of rotatable bonds is 5. The minimum atomic E-state index is -0.316. The molecule has 0 aromatic carbocycles. The van der Waals surface area contributed by atoms with Gasteiger partial charge in [0.25, 0.3) is 0 Å². The molecule has 5 heteroatoms. The Hall–Kier alpha value is -0.200. The molecule has 32 heavy (non-hydrogen) atoms. The molecule has 1 heterocycles. The number of fused-ring (bicyclic) bond motifs is 5. The predicted molar refractivity (Wildman–Crippen MR) is 123 cm³/mol. The van der Waals surface area contributed by atoms with Crippen molar-refractivity contribution in [1.29, 1.82) is 0 Å². The first kappa shape index (κ1) is 23.5. The molecule has 1 saturated heterocycles. The maximum atomic E-state index is 11.7. The Morgan fingerprint density at radius 1 is 1.00 bits per heavy atom. The Morgan fingerprint density at radius 2 is 1.78 bits per heavy atom. The van der Waals surface area contributed by atoms with Gasteiger partial charge in [0.15, 0.2) is 0 Å². The van der Waals surface area contributed by atoms with Crippen LogP contribution in [0.2, 0.25) is 0 Å². The van der Waals surface area contributed by atoms with E-state index in [9.17, 15) is 20.4 Å². The average Bonchev–Trinajstić information content (AvgIpc) is 3.08. The summed E-state index contributed by atoms with van der Waals surface area (Å²) in [5.74, 6) is 2.68. The fourth-order valence-electron chi connectivity index (χ4n) is 9.62. The maximum Gasteiger partial charge on any atom is 0.0647 e. The van der Waals surface area contributed by atoms with E-state index in [-0.39, 0.29) is 47.8 Å². The van der Waals surface area contributed by atoms with Crippen molar-refractivity contribution in [3.05, 3.63) is 0 Å². The van der Waals surface area contributed by atoms with Crippen LogP contribution < -0.4 is 0 Å². The van der Waals surface area contributed by atoms with Crippen molar-refractivity contribution in [1.82, 2.24) is 0 Å². The van der Waals surface area contributed by atoms with Gasteiger partial charge >= 0.3 is 0 Å². The van der Waals surface area contributed by atoms with Gasteiger partial charge in [-0.3, -0.25) is 0 Å². The Labute approximate surface area is 193 Å². The van der Waals surface area contributed by atoms with Crippen LogP contribution in [-0.4, -0.2) is 58.1 Å². The summed E-state index contributed by atoms with van der Waals surface area (Å²) in [7, 11) is 0. The van der Waals surface area contributed by atoms with Gasteiger partial charge in [-0.2, -0.15) is 0 Å². The third-order valence-electron chi connectivity index (χ3n) is 11.7. The molecule has 5 nitrogen and oxygen atoms in total. The van der Waals surface area contributed by atoms with Crippen LogP contribution in [0.25, 0.3) is 0 Å². The van der Waals surface area contributed by atoms with E-state index in [1.807, 2.05) is 0 Å². The van der Waals surface area contributed by atoms with Gasteiger partial charge in [-0.15, -0.1) is 0 Å². The van der Waals surface area contributed by atoms with Crippen LogP contribution in [0.15, 0.2) is 0 Å². The van der Waals surface area contributed by atoms with Crippen LogP contribution in [0, 0.1) is 52.3 Å². The molecule has 0 radical (unpaired) electrons. The van der Waals surface area contributed by atoms with Gasteiger partial charge in [0.05, 0.1) is 37.6 Å². The summed E-state index contributed by atoms with van der Waals surface area (Å²) >= 11 is 0. The van der Waals surface area contributed by atoms with Crippen molar-refractivity contribution < 1.29 is 25.2 Å². The highest BCUT2D eigenvalue weighted by Crippen LogP contribution is 2.68. The van der Waals surface area contributed by atoms with Gasteiger partial charge in [0, 0.05) is 5.92 Å². The van der Waals surface area contributed by atoms with Crippen LogP contribution in [0.1, 0.15) is 78.6 Å². The van der Waals surface area contributed by atoms with Crippen LogP contribution in [-0.2, 0) is 4.74 Å². The van der Waals surface area contributed by atoms with Crippen LogP contribution >= 0.6 is 0 Å². The number of aliphatic hydroxyl groups is 4. The summed E-state index contributed by atoms with van der Waals surface area (Å²) in [5, 5.41) is 42.8. The van der Waals surface area contributed by atoms with Crippen molar-refractivity contribution in [2.45, 2.75) is 103 Å². The Balaban J connectivity index is 1.33. The summed E-state index contributed by atoms with van der Waals surface area (Å²) in [6.07, 6.45) is 8.01. The molecule has 0 spiro atoms. The lowest BCUT2D eigenvalue weighted by molar-refractivity contribution is -0.207. The van der Waals surface area contributed by atoms with Crippen molar-refractivity contribution in [2.24, 2.45) is 52.3 Å². The van der Waals surface area contributed by atoms with Crippen molar-refractivity contribution >= 4 is 0 Å². The van der Waals surface area contributed by atoms with E-state index in [1.54, 1.807) is 0 Å². The van der Waals surface area contributed by atoms with Crippen molar-refractivity contribution in [2.75, 3.05) is 13.2 Å². The fourth-order valence-corrected chi connectivity index (χ4v) is 9.62. The van der Waals surface area contributed by atoms with Crippen molar-refractivity contribution in [3.8, 4) is 0 Å². The summed E-state index contributed by atoms with van der Waals surface area (Å²) < 4.78 is 5.69. The topological polar surface area (TPSA) is 90.2 Å². The quantitative estimate of drug-likeness (QED) is 0.516. The molecule has 184 valence electrons. The van der Waals surface area contributed by atoms with E-state index < -0.39 is 0 Å².